The predicted molar refractivity (Wildman–Crippen MR) is 103 cm³/mol. The summed E-state index contributed by atoms with van der Waals surface area (Å²) in [6.45, 7) is 0. The van der Waals surface area contributed by atoms with Gasteiger partial charge in [-0.15, -0.1) is 0 Å². The molecule has 4 rings (SSSR count). The second kappa shape index (κ2) is 6.39. The maximum Gasteiger partial charge on any atom is 0.276 e. The van der Waals surface area contributed by atoms with Crippen LogP contribution in [0, 0.1) is 3.57 Å². The lowest BCUT2D eigenvalue weighted by Crippen LogP contribution is -2.14. The maximum atomic E-state index is 12.7. The van der Waals surface area contributed by atoms with Gasteiger partial charge in [0, 0.05) is 20.5 Å². The molecular weight excluding hydrogens is 413 g/mol. The summed E-state index contributed by atoms with van der Waals surface area (Å²) >= 11 is 2.25. The summed E-state index contributed by atoms with van der Waals surface area (Å²) in [5.74, 6) is -0.135. The van der Waals surface area contributed by atoms with Crippen molar-refractivity contribution in [1.29, 1.82) is 0 Å². The van der Waals surface area contributed by atoms with E-state index in [-0.39, 0.29) is 5.91 Å². The minimum atomic E-state index is -0.135. The summed E-state index contributed by atoms with van der Waals surface area (Å²) in [6.07, 6.45) is 2.95. The van der Waals surface area contributed by atoms with Crippen molar-refractivity contribution in [2.75, 3.05) is 5.32 Å². The van der Waals surface area contributed by atoms with E-state index in [2.05, 4.69) is 33.0 Å². The first-order chi connectivity index (χ1) is 11.7. The Balaban J connectivity index is 1.68. The fourth-order valence-electron chi connectivity index (χ4n) is 3.13. The van der Waals surface area contributed by atoms with Crippen molar-refractivity contribution in [2.45, 2.75) is 19.3 Å². The van der Waals surface area contributed by atoms with Crippen molar-refractivity contribution in [1.82, 2.24) is 9.78 Å². The molecule has 1 N–H and O–H groups in total. The van der Waals surface area contributed by atoms with Crippen molar-refractivity contribution in [3.8, 4) is 5.69 Å². The lowest BCUT2D eigenvalue weighted by molar-refractivity contribution is 0.102. The third kappa shape index (κ3) is 2.84. The Morgan fingerprint density at radius 1 is 1.04 bits per heavy atom. The van der Waals surface area contributed by atoms with E-state index in [0.717, 1.165) is 45.5 Å². The Morgan fingerprint density at radius 3 is 2.54 bits per heavy atom. The molecular formula is C19H16IN3O. The molecule has 4 nitrogen and oxygen atoms in total. The number of hydrogen-bond donors (Lipinski definition) is 1. The molecule has 0 aliphatic heterocycles. The summed E-state index contributed by atoms with van der Waals surface area (Å²) in [7, 11) is 0. The zero-order valence-electron chi connectivity index (χ0n) is 13.0. The van der Waals surface area contributed by atoms with Crippen LogP contribution in [0.5, 0.6) is 0 Å². The van der Waals surface area contributed by atoms with Gasteiger partial charge < -0.3 is 5.32 Å². The van der Waals surface area contributed by atoms with E-state index in [1.807, 2.05) is 59.3 Å². The second-order valence-corrected chi connectivity index (χ2v) is 7.08. The number of aromatic nitrogens is 2. The first-order valence-corrected chi connectivity index (χ1v) is 9.03. The van der Waals surface area contributed by atoms with Crippen LogP contribution in [-0.2, 0) is 12.8 Å². The number of benzene rings is 2. The second-order valence-electron chi connectivity index (χ2n) is 5.84. The maximum absolute atomic E-state index is 12.7. The molecule has 5 heteroatoms. The van der Waals surface area contributed by atoms with Crippen LogP contribution in [0.25, 0.3) is 5.69 Å². The summed E-state index contributed by atoms with van der Waals surface area (Å²) in [5.41, 5.74) is 4.59. The fraction of sp³-hybridized carbons (Fsp3) is 0.158. The molecule has 0 unspecified atom stereocenters. The fourth-order valence-corrected chi connectivity index (χ4v) is 3.49. The Kier molecular flexibility index (Phi) is 4.10. The van der Waals surface area contributed by atoms with Crippen LogP contribution >= 0.6 is 22.6 Å². The van der Waals surface area contributed by atoms with Crippen LogP contribution in [0.3, 0.4) is 0 Å². The number of nitrogens with one attached hydrogen (secondary N) is 1. The first-order valence-electron chi connectivity index (χ1n) is 7.95. The van der Waals surface area contributed by atoms with Gasteiger partial charge in [0.1, 0.15) is 0 Å². The highest BCUT2D eigenvalue weighted by Gasteiger charge is 2.26. The molecule has 0 fully saturated rings. The molecule has 1 aliphatic carbocycles. The lowest BCUT2D eigenvalue weighted by atomic mass is 10.2. The minimum Gasteiger partial charge on any atom is -0.321 e. The van der Waals surface area contributed by atoms with E-state index < -0.39 is 0 Å². The predicted octanol–water partition coefficient (Wildman–Crippen LogP) is 4.22. The van der Waals surface area contributed by atoms with Gasteiger partial charge in [0.25, 0.3) is 5.91 Å². The van der Waals surface area contributed by atoms with Gasteiger partial charge in [-0.25, -0.2) is 4.68 Å². The topological polar surface area (TPSA) is 46.9 Å². The normalized spacial score (nSPS) is 12.9. The molecule has 0 saturated carbocycles. The third-order valence-corrected chi connectivity index (χ3v) is 4.97. The molecule has 1 aromatic heterocycles. The van der Waals surface area contributed by atoms with Gasteiger partial charge in [0.15, 0.2) is 5.69 Å². The van der Waals surface area contributed by atoms with Crippen LogP contribution in [0.4, 0.5) is 5.69 Å². The van der Waals surface area contributed by atoms with Gasteiger partial charge in [-0.1, -0.05) is 18.2 Å². The molecule has 1 amide bonds. The quantitative estimate of drug-likeness (QED) is 0.634. The number of para-hydroxylation sites is 1. The average Bonchev–Trinajstić information content (AvgIpc) is 3.20. The molecule has 0 radical (unpaired) electrons. The summed E-state index contributed by atoms with van der Waals surface area (Å²) in [4.78, 5) is 12.7. The van der Waals surface area contributed by atoms with Crippen molar-refractivity contribution < 1.29 is 4.79 Å². The molecule has 1 heterocycles. The Morgan fingerprint density at radius 2 is 1.79 bits per heavy atom. The van der Waals surface area contributed by atoms with Gasteiger partial charge in [-0.05, 0) is 78.3 Å². The zero-order valence-corrected chi connectivity index (χ0v) is 15.2. The minimum absolute atomic E-state index is 0.135. The van der Waals surface area contributed by atoms with Gasteiger partial charge in [0.05, 0.1) is 5.69 Å². The number of rotatable bonds is 3. The van der Waals surface area contributed by atoms with Gasteiger partial charge in [-0.3, -0.25) is 4.79 Å². The molecule has 120 valence electrons. The van der Waals surface area contributed by atoms with Crippen molar-refractivity contribution in [3.63, 3.8) is 0 Å². The smallest absolute Gasteiger partial charge is 0.276 e. The van der Waals surface area contributed by atoms with E-state index in [9.17, 15) is 4.79 Å². The molecule has 0 spiro atoms. The van der Waals surface area contributed by atoms with Crippen LogP contribution in [-0.4, -0.2) is 15.7 Å². The number of halogens is 1. The van der Waals surface area contributed by atoms with Crippen molar-refractivity contribution in [3.05, 3.63) is 75.1 Å². The number of carbonyl (C=O) groups excluding carboxylic acids is 1. The Hall–Kier alpha value is -2.15. The van der Waals surface area contributed by atoms with Gasteiger partial charge >= 0.3 is 0 Å². The summed E-state index contributed by atoms with van der Waals surface area (Å²) in [5, 5.41) is 7.58. The summed E-state index contributed by atoms with van der Waals surface area (Å²) in [6, 6.07) is 17.8. The highest BCUT2D eigenvalue weighted by Crippen LogP contribution is 2.28. The third-order valence-electron chi connectivity index (χ3n) is 4.25. The zero-order chi connectivity index (χ0) is 16.5. The summed E-state index contributed by atoms with van der Waals surface area (Å²) < 4.78 is 3.06. The molecule has 0 bridgehead atoms. The van der Waals surface area contributed by atoms with E-state index in [1.165, 1.54) is 0 Å². The lowest BCUT2D eigenvalue weighted by Gasteiger charge is -2.05. The molecule has 1 aliphatic rings. The van der Waals surface area contributed by atoms with Crippen molar-refractivity contribution in [2.24, 2.45) is 0 Å². The Labute approximate surface area is 154 Å². The average molecular weight is 429 g/mol. The number of hydrogen-bond acceptors (Lipinski definition) is 2. The van der Waals surface area contributed by atoms with E-state index in [0.29, 0.717) is 5.69 Å². The van der Waals surface area contributed by atoms with Gasteiger partial charge in [0.2, 0.25) is 0 Å². The van der Waals surface area contributed by atoms with Crippen LogP contribution < -0.4 is 5.32 Å². The standard InChI is InChI=1S/C19H16IN3O/c20-13-9-11-14(12-10-13)21-19(24)18-16-7-4-8-17(16)23(22-18)15-5-2-1-3-6-15/h1-3,5-6,9-12H,4,7-8H2,(H,21,24). The van der Waals surface area contributed by atoms with Gasteiger partial charge in [-0.2, -0.15) is 5.10 Å². The van der Waals surface area contributed by atoms with Crippen LogP contribution in [0.2, 0.25) is 0 Å². The number of amides is 1. The molecule has 0 atom stereocenters. The molecule has 0 saturated heterocycles. The Bertz CT molecular complexity index is 885. The number of anilines is 1. The monoisotopic (exact) mass is 429 g/mol. The van der Waals surface area contributed by atoms with E-state index in [4.69, 9.17) is 0 Å². The number of carbonyl (C=O) groups is 1. The largest absolute Gasteiger partial charge is 0.321 e. The number of nitrogens with zero attached hydrogens (tertiary/aromatic N) is 2. The molecule has 2 aromatic carbocycles. The highest BCUT2D eigenvalue weighted by molar-refractivity contribution is 14.1. The first kappa shape index (κ1) is 15.4. The van der Waals surface area contributed by atoms with E-state index in [1.54, 1.807) is 0 Å². The number of fused-ring (bicyclic) bond motifs is 1. The van der Waals surface area contributed by atoms with Crippen LogP contribution in [0.15, 0.2) is 54.6 Å². The van der Waals surface area contributed by atoms with E-state index >= 15 is 0 Å². The molecule has 3 aromatic rings. The molecule has 24 heavy (non-hydrogen) atoms. The van der Waals surface area contributed by atoms with Crippen LogP contribution in [0.1, 0.15) is 28.2 Å². The SMILES string of the molecule is O=C(Nc1ccc(I)cc1)c1nn(-c2ccccc2)c2c1CCC2. The van der Waals surface area contributed by atoms with Crippen molar-refractivity contribution >= 4 is 34.2 Å². The highest BCUT2D eigenvalue weighted by atomic mass is 127.